The fourth-order valence-electron chi connectivity index (χ4n) is 3.63. The number of hydrogen-bond acceptors (Lipinski definition) is 3. The summed E-state index contributed by atoms with van der Waals surface area (Å²) in [6, 6.07) is 6.28. The zero-order chi connectivity index (χ0) is 13.4. The second kappa shape index (κ2) is 5.19. The summed E-state index contributed by atoms with van der Waals surface area (Å²) in [5.74, 6) is 0.722. The summed E-state index contributed by atoms with van der Waals surface area (Å²) in [4.78, 5) is 0. The summed E-state index contributed by atoms with van der Waals surface area (Å²) >= 11 is 0. The Morgan fingerprint density at radius 2 is 2.00 bits per heavy atom. The van der Waals surface area contributed by atoms with E-state index in [0.29, 0.717) is 18.3 Å². The topological polar surface area (TPSA) is 52.5 Å². The van der Waals surface area contributed by atoms with E-state index in [-0.39, 0.29) is 18.0 Å². The quantitative estimate of drug-likeness (QED) is 0.778. The van der Waals surface area contributed by atoms with Crippen LogP contribution in [0.2, 0.25) is 0 Å². The van der Waals surface area contributed by atoms with Gasteiger partial charge in [-0.05, 0) is 55.3 Å². The number of nitrogens with one attached hydrogen (secondary N) is 1. The van der Waals surface area contributed by atoms with Crippen molar-refractivity contribution >= 4 is 0 Å². The monoisotopic (exact) mass is 265 g/mol. The Labute approximate surface area is 112 Å². The van der Waals surface area contributed by atoms with Gasteiger partial charge in [-0.2, -0.15) is 0 Å². The minimum Gasteiger partial charge on any atom is -0.393 e. The van der Waals surface area contributed by atoms with Gasteiger partial charge in [0.05, 0.1) is 12.2 Å². The van der Waals surface area contributed by atoms with E-state index >= 15 is 0 Å². The molecule has 0 radical (unpaired) electrons. The van der Waals surface area contributed by atoms with E-state index < -0.39 is 6.10 Å². The van der Waals surface area contributed by atoms with Crippen molar-refractivity contribution in [3.05, 3.63) is 35.6 Å². The average molecular weight is 265 g/mol. The molecule has 1 aliphatic heterocycles. The average Bonchev–Trinajstić information content (AvgIpc) is 2.91. The van der Waals surface area contributed by atoms with Crippen molar-refractivity contribution in [2.24, 2.45) is 11.8 Å². The third kappa shape index (κ3) is 2.66. The van der Waals surface area contributed by atoms with Crippen LogP contribution in [0.3, 0.4) is 0 Å². The molecule has 3 nitrogen and oxygen atoms in total. The summed E-state index contributed by atoms with van der Waals surface area (Å²) in [7, 11) is 0. The summed E-state index contributed by atoms with van der Waals surface area (Å²) in [5.41, 5.74) is 0.755. The van der Waals surface area contributed by atoms with Crippen molar-refractivity contribution in [1.82, 2.24) is 5.32 Å². The molecule has 0 spiro atoms. The lowest BCUT2D eigenvalue weighted by atomic mass is 9.89. The van der Waals surface area contributed by atoms with Gasteiger partial charge in [0.15, 0.2) is 0 Å². The minimum atomic E-state index is -0.574. The third-order valence-electron chi connectivity index (χ3n) is 4.62. The molecule has 3 rings (SSSR count). The first-order chi connectivity index (χ1) is 9.13. The van der Waals surface area contributed by atoms with Gasteiger partial charge in [0.25, 0.3) is 0 Å². The largest absolute Gasteiger partial charge is 0.393 e. The number of hydrogen-bond donors (Lipinski definition) is 3. The van der Waals surface area contributed by atoms with Gasteiger partial charge in [-0.3, -0.25) is 0 Å². The van der Waals surface area contributed by atoms with Gasteiger partial charge in [0.2, 0.25) is 0 Å². The molecule has 2 aliphatic rings. The number of aliphatic hydroxyl groups excluding tert-OH is 2. The minimum absolute atomic E-state index is 0.178. The van der Waals surface area contributed by atoms with Crippen molar-refractivity contribution in [2.75, 3.05) is 6.54 Å². The first-order valence-electron chi connectivity index (χ1n) is 6.98. The molecule has 1 aromatic rings. The molecule has 3 N–H and O–H groups in total. The summed E-state index contributed by atoms with van der Waals surface area (Å²) < 4.78 is 12.9. The van der Waals surface area contributed by atoms with Crippen LogP contribution in [0.5, 0.6) is 0 Å². The second-order valence-electron chi connectivity index (χ2n) is 5.87. The molecule has 1 heterocycles. The molecule has 4 heteroatoms. The maximum absolute atomic E-state index is 12.9. The van der Waals surface area contributed by atoms with Crippen LogP contribution < -0.4 is 5.32 Å². The molecule has 2 fully saturated rings. The Hall–Kier alpha value is -0.970. The molecule has 0 amide bonds. The van der Waals surface area contributed by atoms with Gasteiger partial charge in [0, 0.05) is 6.04 Å². The zero-order valence-electron chi connectivity index (χ0n) is 10.8. The Morgan fingerprint density at radius 1 is 1.26 bits per heavy atom. The predicted molar refractivity (Wildman–Crippen MR) is 70.0 cm³/mol. The standard InChI is InChI=1S/C15H20FNO2/c16-11-3-1-9(2-4-11)15(19)7-14-13-6-12(18)5-10(13)8-17-14/h1-4,10,12-15,17-19H,5-8H2. The van der Waals surface area contributed by atoms with Crippen molar-refractivity contribution < 1.29 is 14.6 Å². The normalized spacial score (nSPS) is 35.3. The number of benzene rings is 1. The summed E-state index contributed by atoms with van der Waals surface area (Å²) in [5, 5.41) is 23.4. The number of rotatable bonds is 3. The summed E-state index contributed by atoms with van der Waals surface area (Å²) in [6.45, 7) is 0.933. The first kappa shape index (κ1) is 13.0. The van der Waals surface area contributed by atoms with E-state index in [0.717, 1.165) is 24.9 Å². The summed E-state index contributed by atoms with van der Waals surface area (Å²) in [6.07, 6.45) is 1.58. The van der Waals surface area contributed by atoms with Crippen molar-refractivity contribution in [2.45, 2.75) is 37.5 Å². The maximum atomic E-state index is 12.9. The molecular weight excluding hydrogens is 245 g/mol. The molecule has 1 aliphatic carbocycles. The van der Waals surface area contributed by atoms with E-state index in [1.165, 1.54) is 12.1 Å². The fraction of sp³-hybridized carbons (Fsp3) is 0.600. The molecular formula is C15H20FNO2. The molecule has 104 valence electrons. The molecule has 0 bridgehead atoms. The molecule has 5 atom stereocenters. The molecule has 1 saturated carbocycles. The van der Waals surface area contributed by atoms with E-state index in [1.807, 2.05) is 0 Å². The SMILES string of the molecule is OC1CC2CNC(CC(O)c3ccc(F)cc3)C2C1. The smallest absolute Gasteiger partial charge is 0.123 e. The van der Waals surface area contributed by atoms with Crippen molar-refractivity contribution in [3.63, 3.8) is 0 Å². The van der Waals surface area contributed by atoms with Crippen molar-refractivity contribution in [1.29, 1.82) is 0 Å². The predicted octanol–water partition coefficient (Wildman–Crippen LogP) is 1.61. The van der Waals surface area contributed by atoms with E-state index in [4.69, 9.17) is 0 Å². The maximum Gasteiger partial charge on any atom is 0.123 e. The van der Waals surface area contributed by atoms with Gasteiger partial charge >= 0.3 is 0 Å². The molecule has 0 aromatic heterocycles. The molecule has 5 unspecified atom stereocenters. The first-order valence-corrected chi connectivity index (χ1v) is 6.98. The van der Waals surface area contributed by atoms with E-state index in [9.17, 15) is 14.6 Å². The zero-order valence-corrected chi connectivity index (χ0v) is 10.8. The van der Waals surface area contributed by atoms with Gasteiger partial charge < -0.3 is 15.5 Å². The molecule has 1 saturated heterocycles. The lowest BCUT2D eigenvalue weighted by molar-refractivity contribution is 0.136. The van der Waals surface area contributed by atoms with Gasteiger partial charge in [-0.15, -0.1) is 0 Å². The van der Waals surface area contributed by atoms with Gasteiger partial charge in [-0.25, -0.2) is 4.39 Å². The highest BCUT2D eigenvalue weighted by molar-refractivity contribution is 5.19. The fourth-order valence-corrected chi connectivity index (χ4v) is 3.63. The lowest BCUT2D eigenvalue weighted by Crippen LogP contribution is -2.29. The highest BCUT2D eigenvalue weighted by atomic mass is 19.1. The highest BCUT2D eigenvalue weighted by Crippen LogP contribution is 2.40. The van der Waals surface area contributed by atoms with Gasteiger partial charge in [-0.1, -0.05) is 12.1 Å². The van der Waals surface area contributed by atoms with E-state index in [2.05, 4.69) is 5.32 Å². The Bertz CT molecular complexity index is 436. The van der Waals surface area contributed by atoms with Crippen LogP contribution in [0.25, 0.3) is 0 Å². The highest BCUT2D eigenvalue weighted by Gasteiger charge is 2.43. The van der Waals surface area contributed by atoms with Crippen LogP contribution in [0, 0.1) is 17.7 Å². The Kier molecular flexibility index (Phi) is 3.56. The van der Waals surface area contributed by atoms with Gasteiger partial charge in [0.1, 0.15) is 5.82 Å². The van der Waals surface area contributed by atoms with Crippen LogP contribution in [0.4, 0.5) is 4.39 Å². The Morgan fingerprint density at radius 3 is 2.74 bits per heavy atom. The lowest BCUT2D eigenvalue weighted by Gasteiger charge is -2.22. The van der Waals surface area contributed by atoms with Crippen LogP contribution in [0.1, 0.15) is 30.9 Å². The Balaban J connectivity index is 1.63. The number of halogens is 1. The van der Waals surface area contributed by atoms with Crippen LogP contribution in [-0.4, -0.2) is 28.9 Å². The van der Waals surface area contributed by atoms with Crippen molar-refractivity contribution in [3.8, 4) is 0 Å². The number of aliphatic hydroxyl groups is 2. The van der Waals surface area contributed by atoms with E-state index in [1.54, 1.807) is 12.1 Å². The molecule has 1 aromatic carbocycles. The molecule has 19 heavy (non-hydrogen) atoms. The second-order valence-corrected chi connectivity index (χ2v) is 5.87. The van der Waals surface area contributed by atoms with Crippen LogP contribution in [0.15, 0.2) is 24.3 Å². The number of fused-ring (bicyclic) bond motifs is 1. The third-order valence-corrected chi connectivity index (χ3v) is 4.62. The van der Waals surface area contributed by atoms with Crippen LogP contribution >= 0.6 is 0 Å². The van der Waals surface area contributed by atoms with Crippen LogP contribution in [-0.2, 0) is 0 Å².